The van der Waals surface area contributed by atoms with Gasteiger partial charge in [-0.25, -0.2) is 9.97 Å². The van der Waals surface area contributed by atoms with E-state index in [1.807, 2.05) is 28.9 Å². The summed E-state index contributed by atoms with van der Waals surface area (Å²) >= 11 is 0. The molecular formula is C26H28N6O2. The molecule has 0 saturated carbocycles. The number of ether oxygens (including phenoxy) is 1. The number of hydrogen-bond donors (Lipinski definition) is 3. The van der Waals surface area contributed by atoms with Crippen LogP contribution in [0.2, 0.25) is 0 Å². The molecule has 0 bridgehead atoms. The van der Waals surface area contributed by atoms with Gasteiger partial charge in [0, 0.05) is 41.8 Å². The van der Waals surface area contributed by atoms with Gasteiger partial charge >= 0.3 is 0 Å². The van der Waals surface area contributed by atoms with Gasteiger partial charge in [-0.3, -0.25) is 9.20 Å². The average Bonchev–Trinajstić information content (AvgIpc) is 3.30. The Balaban J connectivity index is 1.26. The van der Waals surface area contributed by atoms with Gasteiger partial charge in [0.2, 0.25) is 0 Å². The first-order valence-corrected chi connectivity index (χ1v) is 11.5. The highest BCUT2D eigenvalue weighted by Gasteiger charge is 2.19. The topological polar surface area (TPSA) is 107 Å². The molecule has 2 atom stereocenters. The highest BCUT2D eigenvalue weighted by molar-refractivity contribution is 5.94. The van der Waals surface area contributed by atoms with E-state index in [1.165, 1.54) is 5.56 Å². The van der Waals surface area contributed by atoms with Crippen LogP contribution in [0.1, 0.15) is 28.8 Å². The molecule has 1 saturated heterocycles. The van der Waals surface area contributed by atoms with E-state index in [0.717, 1.165) is 35.4 Å². The van der Waals surface area contributed by atoms with Gasteiger partial charge in [0.05, 0.1) is 24.6 Å². The smallest absolute Gasteiger partial charge is 0.251 e. The highest BCUT2D eigenvalue weighted by atomic mass is 16.5. The molecular weight excluding hydrogens is 428 g/mol. The monoisotopic (exact) mass is 456 g/mol. The predicted molar refractivity (Wildman–Crippen MR) is 132 cm³/mol. The van der Waals surface area contributed by atoms with Crippen molar-refractivity contribution in [3.8, 4) is 11.3 Å². The summed E-state index contributed by atoms with van der Waals surface area (Å²) in [4.78, 5) is 21.6. The van der Waals surface area contributed by atoms with Gasteiger partial charge in [-0.1, -0.05) is 29.8 Å². The summed E-state index contributed by atoms with van der Waals surface area (Å²) in [5.74, 6) is 0.520. The fraction of sp³-hybridized carbons (Fsp3) is 0.269. The third-order valence-electron chi connectivity index (χ3n) is 6.08. The van der Waals surface area contributed by atoms with E-state index in [2.05, 4.69) is 51.8 Å². The summed E-state index contributed by atoms with van der Waals surface area (Å²) in [6.07, 6.45) is 7.31. The van der Waals surface area contributed by atoms with Crippen molar-refractivity contribution in [1.82, 2.24) is 19.7 Å². The molecule has 5 rings (SSSR count). The fourth-order valence-corrected chi connectivity index (χ4v) is 4.08. The number of rotatable bonds is 6. The van der Waals surface area contributed by atoms with E-state index >= 15 is 0 Å². The second-order valence-corrected chi connectivity index (χ2v) is 8.68. The standard InChI is InChI=1S/C26H28N6O2/c1-17-2-4-18(5-3-17)23-15-29-25-24(28-12-13-32(23)25)31-21-9-6-19(7-10-21)26(33)30-14-22-11-8-20(27)16-34-22/h2-7,9-10,12-13,15,20,22H,8,11,14,16,27H2,1H3,(H,28,31)(H,30,33). The number of nitrogens with one attached hydrogen (secondary N) is 2. The molecule has 0 spiro atoms. The molecule has 2 unspecified atom stereocenters. The lowest BCUT2D eigenvalue weighted by molar-refractivity contribution is 0.00663. The van der Waals surface area contributed by atoms with Crippen LogP contribution in [0.4, 0.5) is 11.5 Å². The van der Waals surface area contributed by atoms with Crippen molar-refractivity contribution in [2.24, 2.45) is 5.73 Å². The summed E-state index contributed by atoms with van der Waals surface area (Å²) in [5, 5.41) is 6.26. The minimum atomic E-state index is -0.124. The minimum Gasteiger partial charge on any atom is -0.375 e. The van der Waals surface area contributed by atoms with E-state index in [4.69, 9.17) is 10.5 Å². The van der Waals surface area contributed by atoms with Gasteiger partial charge in [-0.2, -0.15) is 0 Å². The summed E-state index contributed by atoms with van der Waals surface area (Å²) in [7, 11) is 0. The van der Waals surface area contributed by atoms with Gasteiger partial charge in [0.1, 0.15) is 0 Å². The number of fused-ring (bicyclic) bond motifs is 1. The number of carbonyl (C=O) groups is 1. The van der Waals surface area contributed by atoms with Crippen LogP contribution in [-0.4, -0.2) is 45.6 Å². The van der Waals surface area contributed by atoms with E-state index in [1.54, 1.807) is 18.3 Å². The largest absolute Gasteiger partial charge is 0.375 e. The molecule has 4 aromatic rings. The van der Waals surface area contributed by atoms with Crippen molar-refractivity contribution in [1.29, 1.82) is 0 Å². The number of hydrogen-bond acceptors (Lipinski definition) is 6. The fourth-order valence-electron chi connectivity index (χ4n) is 4.08. The van der Waals surface area contributed by atoms with Crippen LogP contribution in [0.5, 0.6) is 0 Å². The molecule has 2 aromatic heterocycles. The second kappa shape index (κ2) is 9.62. The van der Waals surface area contributed by atoms with Crippen LogP contribution >= 0.6 is 0 Å². The van der Waals surface area contributed by atoms with Crippen LogP contribution in [0, 0.1) is 6.92 Å². The molecule has 34 heavy (non-hydrogen) atoms. The van der Waals surface area contributed by atoms with Gasteiger partial charge < -0.3 is 21.1 Å². The van der Waals surface area contributed by atoms with Gasteiger partial charge in [-0.15, -0.1) is 0 Å². The molecule has 0 aliphatic carbocycles. The van der Waals surface area contributed by atoms with E-state index in [9.17, 15) is 4.79 Å². The van der Waals surface area contributed by atoms with Crippen molar-refractivity contribution >= 4 is 23.1 Å². The minimum absolute atomic E-state index is 0.0237. The van der Waals surface area contributed by atoms with E-state index in [0.29, 0.717) is 24.5 Å². The maximum absolute atomic E-state index is 12.5. The Kier molecular flexibility index (Phi) is 6.24. The van der Waals surface area contributed by atoms with Crippen molar-refractivity contribution in [2.45, 2.75) is 31.9 Å². The van der Waals surface area contributed by atoms with Crippen LogP contribution < -0.4 is 16.4 Å². The molecule has 8 nitrogen and oxygen atoms in total. The van der Waals surface area contributed by atoms with Crippen LogP contribution in [0.3, 0.4) is 0 Å². The normalized spacial score (nSPS) is 18.1. The maximum atomic E-state index is 12.5. The zero-order valence-electron chi connectivity index (χ0n) is 19.1. The van der Waals surface area contributed by atoms with Gasteiger partial charge in [0.15, 0.2) is 11.5 Å². The number of anilines is 2. The van der Waals surface area contributed by atoms with E-state index < -0.39 is 0 Å². The van der Waals surface area contributed by atoms with Gasteiger partial charge in [-0.05, 0) is 44.0 Å². The summed E-state index contributed by atoms with van der Waals surface area (Å²) in [5.41, 5.74) is 11.3. The Morgan fingerprint density at radius 1 is 1.12 bits per heavy atom. The van der Waals surface area contributed by atoms with Crippen molar-refractivity contribution in [2.75, 3.05) is 18.5 Å². The zero-order chi connectivity index (χ0) is 23.5. The first kappa shape index (κ1) is 22.1. The molecule has 8 heteroatoms. The Labute approximate surface area is 198 Å². The third-order valence-corrected chi connectivity index (χ3v) is 6.08. The van der Waals surface area contributed by atoms with Crippen LogP contribution in [0.15, 0.2) is 67.1 Å². The highest BCUT2D eigenvalue weighted by Crippen LogP contribution is 2.25. The first-order valence-electron chi connectivity index (χ1n) is 11.5. The summed E-state index contributed by atoms with van der Waals surface area (Å²) in [6, 6.07) is 15.8. The third kappa shape index (κ3) is 4.78. The SMILES string of the molecule is Cc1ccc(-c2cnc3c(Nc4ccc(C(=O)NCC5CCC(N)CO5)cc4)nccn23)cc1. The molecule has 1 aliphatic rings. The molecule has 1 fully saturated rings. The first-order chi connectivity index (χ1) is 16.6. The van der Waals surface area contributed by atoms with E-state index in [-0.39, 0.29) is 18.1 Å². The molecule has 2 aromatic carbocycles. The predicted octanol–water partition coefficient (Wildman–Crippen LogP) is 3.68. The Hall–Kier alpha value is -3.75. The molecule has 1 amide bonds. The molecule has 174 valence electrons. The second-order valence-electron chi connectivity index (χ2n) is 8.68. The summed E-state index contributed by atoms with van der Waals surface area (Å²) in [6.45, 7) is 3.10. The molecule has 1 aliphatic heterocycles. The number of amides is 1. The number of benzene rings is 2. The number of nitrogens with two attached hydrogens (primary N) is 1. The number of aryl methyl sites for hydroxylation is 1. The molecule has 0 radical (unpaired) electrons. The van der Waals surface area contributed by atoms with Crippen molar-refractivity contribution in [3.63, 3.8) is 0 Å². The summed E-state index contributed by atoms with van der Waals surface area (Å²) < 4.78 is 7.68. The lowest BCUT2D eigenvalue weighted by atomic mass is 10.1. The number of imidazole rings is 1. The maximum Gasteiger partial charge on any atom is 0.251 e. The Bertz CT molecular complexity index is 1280. The van der Waals surface area contributed by atoms with Crippen LogP contribution in [0.25, 0.3) is 16.9 Å². The molecule has 3 heterocycles. The zero-order valence-corrected chi connectivity index (χ0v) is 19.1. The average molecular weight is 457 g/mol. The van der Waals surface area contributed by atoms with Crippen molar-refractivity contribution in [3.05, 3.63) is 78.2 Å². The number of nitrogens with zero attached hydrogens (tertiary/aromatic N) is 3. The Morgan fingerprint density at radius 2 is 1.91 bits per heavy atom. The number of carbonyl (C=O) groups excluding carboxylic acids is 1. The number of aromatic nitrogens is 3. The lowest BCUT2D eigenvalue weighted by Crippen LogP contribution is -2.41. The van der Waals surface area contributed by atoms with Gasteiger partial charge in [0.25, 0.3) is 5.91 Å². The van der Waals surface area contributed by atoms with Crippen LogP contribution in [-0.2, 0) is 4.74 Å². The Morgan fingerprint density at radius 3 is 2.65 bits per heavy atom. The lowest BCUT2D eigenvalue weighted by Gasteiger charge is -2.26. The van der Waals surface area contributed by atoms with Crippen molar-refractivity contribution < 1.29 is 9.53 Å². The molecule has 4 N–H and O–H groups in total. The quantitative estimate of drug-likeness (QED) is 0.409.